The Bertz CT molecular complexity index is 441. The fourth-order valence-electron chi connectivity index (χ4n) is 1.03. The Labute approximate surface area is 90.8 Å². The molecule has 7 heteroatoms. The first kappa shape index (κ1) is 12.2. The number of sulfone groups is 1. The van der Waals surface area contributed by atoms with Gasteiger partial charge in [-0.25, -0.2) is 17.2 Å². The molecule has 15 heavy (non-hydrogen) atoms. The summed E-state index contributed by atoms with van der Waals surface area (Å²) < 4.78 is 46.7. The Kier molecular flexibility index (Phi) is 3.51. The van der Waals surface area contributed by atoms with E-state index in [0.29, 0.717) is 0 Å². The van der Waals surface area contributed by atoms with Gasteiger partial charge in [0, 0.05) is 10.7 Å². The number of hydrogen-bond donors (Lipinski definition) is 1. The molecule has 0 radical (unpaired) electrons. The standard InChI is InChI=1S/C8H8ClF2NO2S/c9-5-1-6(12)3-7(2-5)15(13,14)4-8(10)11/h1-3,8H,4,12H2. The van der Waals surface area contributed by atoms with Crippen LogP contribution in [0.1, 0.15) is 0 Å². The number of hydrogen-bond acceptors (Lipinski definition) is 3. The smallest absolute Gasteiger partial charge is 0.252 e. The van der Waals surface area contributed by atoms with Crippen molar-refractivity contribution in [3.8, 4) is 0 Å². The van der Waals surface area contributed by atoms with Crippen molar-refractivity contribution in [1.82, 2.24) is 0 Å². The fraction of sp³-hybridized carbons (Fsp3) is 0.250. The van der Waals surface area contributed by atoms with E-state index in [1.807, 2.05) is 0 Å². The second-order valence-electron chi connectivity index (χ2n) is 2.89. The molecule has 1 rings (SSSR count). The molecule has 0 aliphatic rings. The Morgan fingerprint density at radius 1 is 1.33 bits per heavy atom. The molecular formula is C8H8ClF2NO2S. The third-order valence-electron chi connectivity index (χ3n) is 1.60. The van der Waals surface area contributed by atoms with Gasteiger partial charge in [0.1, 0.15) is 5.75 Å². The van der Waals surface area contributed by atoms with Gasteiger partial charge in [0.05, 0.1) is 4.90 Å². The van der Waals surface area contributed by atoms with E-state index < -0.39 is 22.0 Å². The summed E-state index contributed by atoms with van der Waals surface area (Å²) in [6.07, 6.45) is -2.92. The number of halogens is 3. The number of nitrogen functional groups attached to an aromatic ring is 1. The van der Waals surface area contributed by atoms with Gasteiger partial charge in [-0.1, -0.05) is 11.6 Å². The summed E-state index contributed by atoms with van der Waals surface area (Å²) in [7, 11) is -4.02. The van der Waals surface area contributed by atoms with Gasteiger partial charge < -0.3 is 5.73 Å². The highest BCUT2D eigenvalue weighted by Gasteiger charge is 2.21. The lowest BCUT2D eigenvalue weighted by molar-refractivity contribution is 0.174. The van der Waals surface area contributed by atoms with E-state index in [2.05, 4.69) is 0 Å². The lowest BCUT2D eigenvalue weighted by Crippen LogP contribution is -2.13. The molecule has 1 aromatic carbocycles. The van der Waals surface area contributed by atoms with Gasteiger partial charge in [-0.2, -0.15) is 0 Å². The predicted octanol–water partition coefficient (Wildman–Crippen LogP) is 1.96. The molecule has 0 fully saturated rings. The number of benzene rings is 1. The highest BCUT2D eigenvalue weighted by molar-refractivity contribution is 7.91. The Morgan fingerprint density at radius 2 is 1.93 bits per heavy atom. The van der Waals surface area contributed by atoms with E-state index in [4.69, 9.17) is 17.3 Å². The van der Waals surface area contributed by atoms with Crippen LogP contribution in [-0.4, -0.2) is 20.6 Å². The normalized spacial score (nSPS) is 12.0. The van der Waals surface area contributed by atoms with Gasteiger partial charge in [0.25, 0.3) is 6.43 Å². The van der Waals surface area contributed by atoms with Crippen LogP contribution in [0.4, 0.5) is 14.5 Å². The van der Waals surface area contributed by atoms with Crippen molar-refractivity contribution in [1.29, 1.82) is 0 Å². The van der Waals surface area contributed by atoms with Crippen LogP contribution in [0.5, 0.6) is 0 Å². The van der Waals surface area contributed by atoms with Gasteiger partial charge in [0.15, 0.2) is 9.84 Å². The quantitative estimate of drug-likeness (QED) is 0.840. The Morgan fingerprint density at radius 3 is 2.40 bits per heavy atom. The van der Waals surface area contributed by atoms with Crippen LogP contribution in [0, 0.1) is 0 Å². The average molecular weight is 256 g/mol. The van der Waals surface area contributed by atoms with E-state index in [9.17, 15) is 17.2 Å². The molecule has 0 heterocycles. The van der Waals surface area contributed by atoms with Crippen LogP contribution in [0.3, 0.4) is 0 Å². The minimum absolute atomic E-state index is 0.0999. The maximum Gasteiger partial charge on any atom is 0.252 e. The Balaban J connectivity index is 3.16. The van der Waals surface area contributed by atoms with Crippen LogP contribution < -0.4 is 5.73 Å². The van der Waals surface area contributed by atoms with Crippen LogP contribution in [0.15, 0.2) is 23.1 Å². The van der Waals surface area contributed by atoms with Crippen molar-refractivity contribution in [2.75, 3.05) is 11.5 Å². The molecule has 3 nitrogen and oxygen atoms in total. The SMILES string of the molecule is Nc1cc(Cl)cc(S(=O)(=O)CC(F)F)c1. The van der Waals surface area contributed by atoms with Crippen LogP contribution in [0.2, 0.25) is 5.02 Å². The lowest BCUT2D eigenvalue weighted by atomic mass is 10.3. The van der Waals surface area contributed by atoms with Gasteiger partial charge in [-0.3, -0.25) is 0 Å². The predicted molar refractivity (Wildman–Crippen MR) is 53.9 cm³/mol. The van der Waals surface area contributed by atoms with E-state index in [1.165, 1.54) is 6.07 Å². The molecule has 84 valence electrons. The van der Waals surface area contributed by atoms with Crippen molar-refractivity contribution in [3.63, 3.8) is 0 Å². The van der Waals surface area contributed by atoms with E-state index in [1.54, 1.807) is 0 Å². The average Bonchev–Trinajstić information content (AvgIpc) is 1.99. The van der Waals surface area contributed by atoms with E-state index >= 15 is 0 Å². The largest absolute Gasteiger partial charge is 0.399 e. The number of anilines is 1. The van der Waals surface area contributed by atoms with E-state index in [0.717, 1.165) is 12.1 Å². The molecule has 0 atom stereocenters. The molecule has 0 amide bonds. The van der Waals surface area contributed by atoms with Crippen LogP contribution in [-0.2, 0) is 9.84 Å². The van der Waals surface area contributed by atoms with Crippen molar-refractivity contribution in [2.45, 2.75) is 11.3 Å². The zero-order valence-corrected chi connectivity index (χ0v) is 9.02. The summed E-state index contributed by atoms with van der Waals surface area (Å²) in [5.74, 6) is -1.23. The van der Waals surface area contributed by atoms with Gasteiger partial charge in [-0.05, 0) is 18.2 Å². The molecule has 1 aromatic rings. The summed E-state index contributed by atoms with van der Waals surface area (Å²) in [6, 6.07) is 3.53. The van der Waals surface area contributed by atoms with Gasteiger partial charge >= 0.3 is 0 Å². The third kappa shape index (κ3) is 3.32. The third-order valence-corrected chi connectivity index (χ3v) is 3.46. The Hall–Kier alpha value is -0.880. The fourth-order valence-corrected chi connectivity index (χ4v) is 2.48. The maximum absolute atomic E-state index is 12.0. The summed E-state index contributed by atoms with van der Waals surface area (Å²) in [4.78, 5) is -0.284. The first-order valence-corrected chi connectivity index (χ1v) is 5.91. The zero-order chi connectivity index (χ0) is 11.6. The van der Waals surface area contributed by atoms with E-state index in [-0.39, 0.29) is 15.6 Å². The number of alkyl halides is 2. The summed E-state index contributed by atoms with van der Waals surface area (Å²) in [5, 5.41) is 0.0999. The lowest BCUT2D eigenvalue weighted by Gasteiger charge is -2.05. The minimum atomic E-state index is -4.02. The molecule has 0 spiro atoms. The second-order valence-corrected chi connectivity index (χ2v) is 5.36. The topological polar surface area (TPSA) is 60.2 Å². The van der Waals surface area contributed by atoms with Crippen LogP contribution in [0.25, 0.3) is 0 Å². The second kappa shape index (κ2) is 4.32. The first-order chi connectivity index (χ1) is 6.81. The monoisotopic (exact) mass is 255 g/mol. The molecule has 0 bridgehead atoms. The van der Waals surface area contributed by atoms with Crippen molar-refractivity contribution in [2.24, 2.45) is 0 Å². The molecule has 0 aliphatic carbocycles. The number of nitrogens with two attached hydrogens (primary N) is 1. The molecule has 2 N–H and O–H groups in total. The van der Waals surface area contributed by atoms with Gasteiger partial charge in [0.2, 0.25) is 0 Å². The van der Waals surface area contributed by atoms with Crippen molar-refractivity contribution < 1.29 is 17.2 Å². The molecule has 0 unspecified atom stereocenters. The van der Waals surface area contributed by atoms with Crippen molar-refractivity contribution in [3.05, 3.63) is 23.2 Å². The maximum atomic E-state index is 12.0. The molecule has 0 saturated heterocycles. The van der Waals surface area contributed by atoms with Crippen LogP contribution >= 0.6 is 11.6 Å². The summed E-state index contributed by atoms with van der Waals surface area (Å²) in [6.45, 7) is 0. The summed E-state index contributed by atoms with van der Waals surface area (Å²) in [5.41, 5.74) is 5.47. The number of rotatable bonds is 3. The summed E-state index contributed by atoms with van der Waals surface area (Å²) >= 11 is 5.56. The van der Waals surface area contributed by atoms with Crippen molar-refractivity contribution >= 4 is 27.1 Å². The molecule has 0 aliphatic heterocycles. The zero-order valence-electron chi connectivity index (χ0n) is 7.45. The molecule has 0 saturated carbocycles. The molecule has 0 aromatic heterocycles. The van der Waals surface area contributed by atoms with Gasteiger partial charge in [-0.15, -0.1) is 0 Å². The molecular weight excluding hydrogens is 248 g/mol. The highest BCUT2D eigenvalue weighted by atomic mass is 35.5. The first-order valence-electron chi connectivity index (χ1n) is 3.88. The minimum Gasteiger partial charge on any atom is -0.399 e. The highest BCUT2D eigenvalue weighted by Crippen LogP contribution is 2.22.